The van der Waals surface area contributed by atoms with Crippen molar-refractivity contribution in [3.8, 4) is 5.75 Å². The van der Waals surface area contributed by atoms with E-state index in [-0.39, 0.29) is 0 Å². The second-order valence-corrected chi connectivity index (χ2v) is 4.17. The summed E-state index contributed by atoms with van der Waals surface area (Å²) in [4.78, 5) is 0. The summed E-state index contributed by atoms with van der Waals surface area (Å²) in [5.41, 5.74) is 9.58. The van der Waals surface area contributed by atoms with Crippen LogP contribution in [0.5, 0.6) is 5.75 Å². The zero-order valence-electron chi connectivity index (χ0n) is 10.4. The first-order valence-corrected chi connectivity index (χ1v) is 5.57. The minimum Gasteiger partial charge on any atom is -0.471 e. The van der Waals surface area contributed by atoms with Crippen LogP contribution in [0, 0.1) is 20.8 Å². The predicted octanol–water partition coefficient (Wildman–Crippen LogP) is 2.43. The number of nitrogens with two attached hydrogens (primary N) is 1. The summed E-state index contributed by atoms with van der Waals surface area (Å²) in [7, 11) is 0. The van der Waals surface area contributed by atoms with Crippen LogP contribution in [0.4, 0.5) is 5.69 Å². The van der Waals surface area contributed by atoms with Gasteiger partial charge in [-0.2, -0.15) is 5.10 Å². The molecular formula is C13H17N3O. The van der Waals surface area contributed by atoms with Gasteiger partial charge >= 0.3 is 0 Å². The van der Waals surface area contributed by atoms with E-state index in [4.69, 9.17) is 10.5 Å². The van der Waals surface area contributed by atoms with Gasteiger partial charge in [-0.3, -0.25) is 0 Å². The maximum absolute atomic E-state index is 5.85. The van der Waals surface area contributed by atoms with Gasteiger partial charge in [-0.25, -0.2) is 4.68 Å². The maximum Gasteiger partial charge on any atom is 0.181 e. The summed E-state index contributed by atoms with van der Waals surface area (Å²) in [6, 6.07) is 7.94. The highest BCUT2D eigenvalue weighted by Gasteiger charge is 2.07. The molecule has 4 heteroatoms. The first kappa shape index (κ1) is 11.5. The minimum atomic E-state index is 0.382. The molecule has 2 N–H and O–H groups in total. The van der Waals surface area contributed by atoms with Gasteiger partial charge in [0, 0.05) is 0 Å². The topological polar surface area (TPSA) is 53.1 Å². The van der Waals surface area contributed by atoms with Gasteiger partial charge in [-0.15, -0.1) is 0 Å². The summed E-state index contributed by atoms with van der Waals surface area (Å²) in [6.07, 6.45) is 0. The number of hydrogen-bond acceptors (Lipinski definition) is 3. The first-order chi connectivity index (χ1) is 8.08. The van der Waals surface area contributed by atoms with Crippen molar-refractivity contribution in [1.29, 1.82) is 0 Å². The Morgan fingerprint density at radius 1 is 1.18 bits per heavy atom. The molecule has 0 atom stereocenters. The Balaban J connectivity index is 2.07. The van der Waals surface area contributed by atoms with E-state index in [1.807, 2.05) is 45.0 Å². The second-order valence-electron chi connectivity index (χ2n) is 4.17. The lowest BCUT2D eigenvalue weighted by Gasteiger charge is -2.08. The maximum atomic E-state index is 5.85. The van der Waals surface area contributed by atoms with Gasteiger partial charge in [0.25, 0.3) is 0 Å². The fraction of sp³-hybridized carbons (Fsp3) is 0.308. The van der Waals surface area contributed by atoms with E-state index in [0.717, 1.165) is 22.8 Å². The molecule has 0 fully saturated rings. The number of rotatable bonds is 3. The largest absolute Gasteiger partial charge is 0.471 e. The molecule has 0 amide bonds. The van der Waals surface area contributed by atoms with Gasteiger partial charge in [0.2, 0.25) is 0 Å². The van der Waals surface area contributed by atoms with Crippen molar-refractivity contribution < 1.29 is 4.74 Å². The van der Waals surface area contributed by atoms with Crippen LogP contribution in [0.25, 0.3) is 0 Å². The molecule has 17 heavy (non-hydrogen) atoms. The quantitative estimate of drug-likeness (QED) is 0.882. The molecule has 0 saturated heterocycles. The van der Waals surface area contributed by atoms with Gasteiger partial charge in [0.15, 0.2) is 6.73 Å². The molecule has 1 aromatic heterocycles. The molecule has 1 heterocycles. The number of anilines is 1. The van der Waals surface area contributed by atoms with Crippen LogP contribution in [-0.4, -0.2) is 9.78 Å². The monoisotopic (exact) mass is 231 g/mol. The highest BCUT2D eigenvalue weighted by Crippen LogP contribution is 2.16. The minimum absolute atomic E-state index is 0.382. The third kappa shape index (κ3) is 2.41. The van der Waals surface area contributed by atoms with Crippen LogP contribution in [-0.2, 0) is 6.73 Å². The Morgan fingerprint density at radius 2 is 1.82 bits per heavy atom. The molecule has 90 valence electrons. The van der Waals surface area contributed by atoms with Crippen molar-refractivity contribution in [1.82, 2.24) is 9.78 Å². The van der Waals surface area contributed by atoms with Crippen molar-refractivity contribution >= 4 is 5.69 Å². The number of nitrogens with zero attached hydrogens (tertiary/aromatic N) is 2. The SMILES string of the molecule is Cc1ccc(OCn2nc(C)c(N)c2C)cc1. The molecule has 2 rings (SSSR count). The van der Waals surface area contributed by atoms with E-state index in [2.05, 4.69) is 5.10 Å². The third-order valence-corrected chi connectivity index (χ3v) is 2.81. The predicted molar refractivity (Wildman–Crippen MR) is 67.9 cm³/mol. The number of nitrogen functional groups attached to an aromatic ring is 1. The van der Waals surface area contributed by atoms with E-state index in [1.165, 1.54) is 5.56 Å². The van der Waals surface area contributed by atoms with E-state index in [9.17, 15) is 0 Å². The Labute approximate surface area is 101 Å². The average molecular weight is 231 g/mol. The van der Waals surface area contributed by atoms with Gasteiger partial charge < -0.3 is 10.5 Å². The Hall–Kier alpha value is -1.97. The number of hydrogen-bond donors (Lipinski definition) is 1. The first-order valence-electron chi connectivity index (χ1n) is 5.57. The van der Waals surface area contributed by atoms with Crippen molar-refractivity contribution in [2.75, 3.05) is 5.73 Å². The number of ether oxygens (including phenoxy) is 1. The smallest absolute Gasteiger partial charge is 0.181 e. The summed E-state index contributed by atoms with van der Waals surface area (Å²) in [5.74, 6) is 0.835. The summed E-state index contributed by atoms with van der Waals surface area (Å²) in [6.45, 7) is 6.26. The van der Waals surface area contributed by atoms with Gasteiger partial charge in [0.05, 0.1) is 17.1 Å². The van der Waals surface area contributed by atoms with Crippen LogP contribution >= 0.6 is 0 Å². The van der Waals surface area contributed by atoms with Crippen LogP contribution < -0.4 is 10.5 Å². The van der Waals surface area contributed by atoms with Gasteiger partial charge in [0.1, 0.15) is 5.75 Å². The molecular weight excluding hydrogens is 214 g/mol. The molecule has 0 spiro atoms. The van der Waals surface area contributed by atoms with Crippen molar-refractivity contribution in [2.45, 2.75) is 27.5 Å². The molecule has 0 aliphatic carbocycles. The van der Waals surface area contributed by atoms with E-state index >= 15 is 0 Å². The Morgan fingerprint density at radius 3 is 2.35 bits per heavy atom. The normalized spacial score (nSPS) is 10.5. The van der Waals surface area contributed by atoms with Crippen LogP contribution in [0.1, 0.15) is 17.0 Å². The van der Waals surface area contributed by atoms with Gasteiger partial charge in [-0.1, -0.05) is 17.7 Å². The van der Waals surface area contributed by atoms with Crippen LogP contribution in [0.3, 0.4) is 0 Å². The summed E-state index contributed by atoms with van der Waals surface area (Å²) >= 11 is 0. The molecule has 0 aliphatic heterocycles. The molecule has 0 unspecified atom stereocenters. The van der Waals surface area contributed by atoms with Crippen LogP contribution in [0.15, 0.2) is 24.3 Å². The van der Waals surface area contributed by atoms with Gasteiger partial charge in [-0.05, 0) is 32.9 Å². The summed E-state index contributed by atoms with van der Waals surface area (Å²) in [5, 5.41) is 4.31. The molecule has 2 aromatic rings. The molecule has 0 saturated carbocycles. The van der Waals surface area contributed by atoms with Crippen molar-refractivity contribution in [3.05, 3.63) is 41.2 Å². The third-order valence-electron chi connectivity index (χ3n) is 2.81. The standard InChI is InChI=1S/C13H17N3O/c1-9-4-6-12(7-5-9)17-8-16-11(3)13(14)10(2)15-16/h4-7H,8,14H2,1-3H3. The molecule has 1 aromatic carbocycles. The lowest BCUT2D eigenvalue weighted by molar-refractivity contribution is 0.218. The average Bonchev–Trinajstić information content (AvgIpc) is 2.56. The van der Waals surface area contributed by atoms with Crippen molar-refractivity contribution in [2.24, 2.45) is 0 Å². The molecule has 0 radical (unpaired) electrons. The van der Waals surface area contributed by atoms with E-state index in [0.29, 0.717) is 6.73 Å². The van der Waals surface area contributed by atoms with E-state index in [1.54, 1.807) is 4.68 Å². The lowest BCUT2D eigenvalue weighted by atomic mass is 10.2. The molecule has 0 bridgehead atoms. The van der Waals surface area contributed by atoms with Crippen LogP contribution in [0.2, 0.25) is 0 Å². The Bertz CT molecular complexity index is 514. The number of aryl methyl sites for hydroxylation is 2. The fourth-order valence-corrected chi connectivity index (χ4v) is 1.61. The second kappa shape index (κ2) is 4.49. The zero-order chi connectivity index (χ0) is 12.4. The summed E-state index contributed by atoms with van der Waals surface area (Å²) < 4.78 is 7.41. The lowest BCUT2D eigenvalue weighted by Crippen LogP contribution is -2.08. The fourth-order valence-electron chi connectivity index (χ4n) is 1.61. The highest BCUT2D eigenvalue weighted by atomic mass is 16.5. The van der Waals surface area contributed by atoms with E-state index < -0.39 is 0 Å². The Kier molecular flexibility index (Phi) is 3.04. The zero-order valence-corrected chi connectivity index (χ0v) is 10.4. The molecule has 0 aliphatic rings. The highest BCUT2D eigenvalue weighted by molar-refractivity contribution is 5.46. The number of aromatic nitrogens is 2. The molecule has 4 nitrogen and oxygen atoms in total. The number of benzene rings is 1. The van der Waals surface area contributed by atoms with Crippen molar-refractivity contribution in [3.63, 3.8) is 0 Å².